The Balaban J connectivity index is 1.96. The van der Waals surface area contributed by atoms with Crippen LogP contribution in [0.25, 0.3) is 0 Å². The van der Waals surface area contributed by atoms with Gasteiger partial charge in [0.25, 0.3) is 0 Å². The Morgan fingerprint density at radius 1 is 1.29 bits per heavy atom. The van der Waals surface area contributed by atoms with Crippen LogP contribution in [0.15, 0.2) is 24.5 Å². The monoisotopic (exact) mass is 287 g/mol. The van der Waals surface area contributed by atoms with E-state index in [9.17, 15) is 10.1 Å². The summed E-state index contributed by atoms with van der Waals surface area (Å²) in [7, 11) is 0. The summed E-state index contributed by atoms with van der Waals surface area (Å²) in [6.07, 6.45) is 4.33. The predicted molar refractivity (Wildman–Crippen MR) is 75.0 cm³/mol. The molecule has 8 heteroatoms. The summed E-state index contributed by atoms with van der Waals surface area (Å²) in [5.74, 6) is 5.51. The number of hydrogen-bond donors (Lipinski definition) is 2. The molecule has 0 saturated heterocycles. The Hall–Kier alpha value is -2.74. The minimum Gasteiger partial charge on any atom is -0.434 e. The van der Waals surface area contributed by atoms with E-state index in [-0.39, 0.29) is 17.4 Å². The molecule has 3 N–H and O–H groups in total. The molecule has 0 aliphatic heterocycles. The maximum Gasteiger partial charge on any atom is 0.374 e. The summed E-state index contributed by atoms with van der Waals surface area (Å²) in [6, 6.07) is 5.65. The first-order valence-corrected chi connectivity index (χ1v) is 6.44. The zero-order chi connectivity index (χ0) is 14.8. The Morgan fingerprint density at radius 2 is 2.10 bits per heavy atom. The number of fused-ring (bicyclic) bond motifs is 1. The van der Waals surface area contributed by atoms with Crippen LogP contribution in [0.4, 0.5) is 11.5 Å². The van der Waals surface area contributed by atoms with Crippen molar-refractivity contribution >= 4 is 11.5 Å². The van der Waals surface area contributed by atoms with Gasteiger partial charge in [-0.2, -0.15) is 4.98 Å². The summed E-state index contributed by atoms with van der Waals surface area (Å²) in [5.41, 5.74) is 4.29. The number of nitrogens with one attached hydrogen (secondary N) is 1. The molecule has 0 saturated carbocycles. The largest absolute Gasteiger partial charge is 0.434 e. The molecule has 0 atom stereocenters. The first-order chi connectivity index (χ1) is 10.2. The lowest BCUT2D eigenvalue weighted by Crippen LogP contribution is -2.12. The van der Waals surface area contributed by atoms with E-state index in [0.29, 0.717) is 5.75 Å². The standard InChI is InChI=1S/C13H13N5O3/c14-17-12-11(18(19)20)13(16-7-15-12)21-10-5-4-8-2-1-3-9(8)6-10/h4-7H,1-3,14H2,(H,15,16,17). The Kier molecular flexibility index (Phi) is 3.36. The van der Waals surface area contributed by atoms with Gasteiger partial charge in [0.05, 0.1) is 4.92 Å². The fourth-order valence-corrected chi connectivity index (χ4v) is 2.43. The van der Waals surface area contributed by atoms with Gasteiger partial charge in [-0.15, -0.1) is 0 Å². The van der Waals surface area contributed by atoms with Crippen LogP contribution in [-0.2, 0) is 12.8 Å². The Bertz CT molecular complexity index is 704. The van der Waals surface area contributed by atoms with Crippen molar-refractivity contribution < 1.29 is 9.66 Å². The van der Waals surface area contributed by atoms with Crippen LogP contribution in [0.1, 0.15) is 17.5 Å². The number of nitrogens with two attached hydrogens (primary N) is 1. The number of hydrazine groups is 1. The number of ether oxygens (including phenoxy) is 1. The molecule has 1 aliphatic carbocycles. The summed E-state index contributed by atoms with van der Waals surface area (Å²) in [5, 5.41) is 11.1. The SMILES string of the molecule is NNc1ncnc(Oc2ccc3c(c2)CCC3)c1[N+](=O)[O-]. The van der Waals surface area contributed by atoms with Crippen molar-refractivity contribution in [3.8, 4) is 11.6 Å². The lowest BCUT2D eigenvalue weighted by molar-refractivity contribution is -0.385. The average Bonchev–Trinajstić information content (AvgIpc) is 2.94. The van der Waals surface area contributed by atoms with Crippen molar-refractivity contribution in [2.24, 2.45) is 5.84 Å². The van der Waals surface area contributed by atoms with E-state index in [0.717, 1.165) is 25.6 Å². The highest BCUT2D eigenvalue weighted by molar-refractivity contribution is 5.61. The molecule has 0 unspecified atom stereocenters. The van der Waals surface area contributed by atoms with E-state index in [2.05, 4.69) is 15.4 Å². The number of anilines is 1. The first-order valence-electron chi connectivity index (χ1n) is 6.44. The number of rotatable bonds is 4. The van der Waals surface area contributed by atoms with E-state index in [1.54, 1.807) is 6.07 Å². The molecule has 1 aromatic carbocycles. The van der Waals surface area contributed by atoms with Gasteiger partial charge < -0.3 is 10.2 Å². The summed E-state index contributed by atoms with van der Waals surface area (Å²) >= 11 is 0. The van der Waals surface area contributed by atoms with Crippen LogP contribution >= 0.6 is 0 Å². The molecule has 108 valence electrons. The van der Waals surface area contributed by atoms with Gasteiger partial charge in [-0.3, -0.25) is 10.1 Å². The maximum atomic E-state index is 11.1. The van der Waals surface area contributed by atoms with Crippen molar-refractivity contribution in [3.05, 3.63) is 45.8 Å². The number of nitro groups is 1. The van der Waals surface area contributed by atoms with Crippen LogP contribution in [0.3, 0.4) is 0 Å². The molecule has 0 amide bonds. The quantitative estimate of drug-likeness (QED) is 0.501. The summed E-state index contributed by atoms with van der Waals surface area (Å²) in [6.45, 7) is 0. The number of benzene rings is 1. The fourth-order valence-electron chi connectivity index (χ4n) is 2.43. The highest BCUT2D eigenvalue weighted by Crippen LogP contribution is 2.35. The molecule has 21 heavy (non-hydrogen) atoms. The van der Waals surface area contributed by atoms with Gasteiger partial charge in [-0.05, 0) is 42.5 Å². The highest BCUT2D eigenvalue weighted by atomic mass is 16.6. The molecule has 1 aliphatic rings. The van der Waals surface area contributed by atoms with E-state index < -0.39 is 4.92 Å². The van der Waals surface area contributed by atoms with Crippen LogP contribution in [0.5, 0.6) is 11.6 Å². The van der Waals surface area contributed by atoms with Gasteiger partial charge in [0.15, 0.2) is 0 Å². The lowest BCUT2D eigenvalue weighted by atomic mass is 10.1. The molecule has 0 bridgehead atoms. The van der Waals surface area contributed by atoms with Gasteiger partial charge in [0.2, 0.25) is 5.82 Å². The third-order valence-corrected chi connectivity index (χ3v) is 3.39. The molecular weight excluding hydrogens is 274 g/mol. The van der Waals surface area contributed by atoms with E-state index in [1.807, 2.05) is 12.1 Å². The minimum atomic E-state index is -0.627. The van der Waals surface area contributed by atoms with Crippen LogP contribution < -0.4 is 16.0 Å². The summed E-state index contributed by atoms with van der Waals surface area (Å²) in [4.78, 5) is 18.0. The fraction of sp³-hybridized carbons (Fsp3) is 0.231. The number of hydrogen-bond acceptors (Lipinski definition) is 7. The van der Waals surface area contributed by atoms with Gasteiger partial charge >= 0.3 is 11.6 Å². The number of aromatic nitrogens is 2. The van der Waals surface area contributed by atoms with Crippen molar-refractivity contribution in [2.75, 3.05) is 5.43 Å². The normalized spacial score (nSPS) is 12.8. The topological polar surface area (TPSA) is 116 Å². The molecular formula is C13H13N5O3. The second-order valence-corrected chi connectivity index (χ2v) is 4.66. The highest BCUT2D eigenvalue weighted by Gasteiger charge is 2.24. The zero-order valence-electron chi connectivity index (χ0n) is 11.1. The van der Waals surface area contributed by atoms with Crippen molar-refractivity contribution in [2.45, 2.75) is 19.3 Å². The van der Waals surface area contributed by atoms with E-state index in [4.69, 9.17) is 10.6 Å². The average molecular weight is 287 g/mol. The van der Waals surface area contributed by atoms with Crippen LogP contribution in [-0.4, -0.2) is 14.9 Å². The van der Waals surface area contributed by atoms with Gasteiger partial charge in [0, 0.05) is 0 Å². The van der Waals surface area contributed by atoms with E-state index in [1.165, 1.54) is 11.1 Å². The first kappa shape index (κ1) is 13.3. The lowest BCUT2D eigenvalue weighted by Gasteiger charge is -2.08. The molecule has 2 aromatic rings. The van der Waals surface area contributed by atoms with Gasteiger partial charge in [-0.1, -0.05) is 6.07 Å². The predicted octanol–water partition coefficient (Wildman–Crippen LogP) is 1.95. The Labute approximate surface area is 120 Å². The molecule has 1 heterocycles. The third kappa shape index (κ3) is 2.48. The van der Waals surface area contributed by atoms with Crippen LogP contribution in [0, 0.1) is 10.1 Å². The number of nitrogen functional groups attached to an aromatic ring is 1. The Morgan fingerprint density at radius 3 is 2.86 bits per heavy atom. The second-order valence-electron chi connectivity index (χ2n) is 4.66. The zero-order valence-corrected chi connectivity index (χ0v) is 11.1. The van der Waals surface area contributed by atoms with Crippen molar-refractivity contribution in [1.82, 2.24) is 9.97 Å². The van der Waals surface area contributed by atoms with Gasteiger partial charge in [0.1, 0.15) is 12.1 Å². The molecule has 1 aromatic heterocycles. The molecule has 8 nitrogen and oxygen atoms in total. The van der Waals surface area contributed by atoms with E-state index >= 15 is 0 Å². The van der Waals surface area contributed by atoms with Crippen molar-refractivity contribution in [1.29, 1.82) is 0 Å². The third-order valence-electron chi connectivity index (χ3n) is 3.39. The molecule has 0 fully saturated rings. The molecule has 0 radical (unpaired) electrons. The summed E-state index contributed by atoms with van der Waals surface area (Å²) < 4.78 is 5.55. The minimum absolute atomic E-state index is 0.0915. The number of aryl methyl sites for hydroxylation is 2. The van der Waals surface area contributed by atoms with Crippen molar-refractivity contribution in [3.63, 3.8) is 0 Å². The van der Waals surface area contributed by atoms with Gasteiger partial charge in [-0.25, -0.2) is 10.8 Å². The molecule has 3 rings (SSSR count). The van der Waals surface area contributed by atoms with Crippen LogP contribution in [0.2, 0.25) is 0 Å². The second kappa shape index (κ2) is 5.33. The number of nitrogens with zero attached hydrogens (tertiary/aromatic N) is 3. The smallest absolute Gasteiger partial charge is 0.374 e. The maximum absolute atomic E-state index is 11.1. The molecule has 0 spiro atoms.